The normalized spacial score (nSPS) is 9.90. The van der Waals surface area contributed by atoms with Crippen LogP contribution in [0.1, 0.15) is 21.5 Å². The lowest BCUT2D eigenvalue weighted by Crippen LogP contribution is -2.07. The molecule has 0 aliphatic carbocycles. The van der Waals surface area contributed by atoms with Crippen LogP contribution in [0.15, 0.2) is 36.4 Å². The third-order valence-corrected chi connectivity index (χ3v) is 2.75. The first-order valence-electron chi connectivity index (χ1n) is 6.01. The van der Waals surface area contributed by atoms with E-state index < -0.39 is 11.8 Å². The maximum atomic E-state index is 13.5. The average Bonchev–Trinajstić information content (AvgIpc) is 2.45. The number of nitriles is 1. The number of hydrogen-bond acceptors (Lipinski definition) is 5. The molecule has 5 nitrogen and oxygen atoms in total. The molecule has 0 heterocycles. The SMILES string of the molecule is N#Cc1ccc(F)c(COC(=O)c2cc(N)cc(N)c2)c1. The van der Waals surface area contributed by atoms with Crippen LogP contribution in [0, 0.1) is 17.1 Å². The number of nitrogens with two attached hydrogens (primary N) is 2. The highest BCUT2D eigenvalue weighted by Gasteiger charge is 2.11. The molecular weight excluding hydrogens is 273 g/mol. The zero-order valence-electron chi connectivity index (χ0n) is 11.0. The Morgan fingerprint density at radius 2 is 1.86 bits per heavy atom. The van der Waals surface area contributed by atoms with Gasteiger partial charge in [0.25, 0.3) is 0 Å². The van der Waals surface area contributed by atoms with Crippen molar-refractivity contribution in [3.63, 3.8) is 0 Å². The number of carbonyl (C=O) groups excluding carboxylic acids is 1. The predicted molar refractivity (Wildman–Crippen MR) is 75.5 cm³/mol. The molecule has 0 aromatic heterocycles. The topological polar surface area (TPSA) is 102 Å². The van der Waals surface area contributed by atoms with Gasteiger partial charge in [0.05, 0.1) is 17.2 Å². The number of esters is 1. The minimum absolute atomic E-state index is 0.124. The molecule has 0 amide bonds. The van der Waals surface area contributed by atoms with Gasteiger partial charge in [0, 0.05) is 16.9 Å². The average molecular weight is 285 g/mol. The van der Waals surface area contributed by atoms with Gasteiger partial charge in [0.2, 0.25) is 0 Å². The standard InChI is InChI=1S/C15H12FN3O2/c16-14-2-1-9(7-17)3-11(14)8-21-15(20)10-4-12(18)6-13(19)5-10/h1-6H,8,18-19H2. The lowest BCUT2D eigenvalue weighted by atomic mass is 10.1. The van der Waals surface area contributed by atoms with E-state index in [1.807, 2.05) is 6.07 Å². The van der Waals surface area contributed by atoms with Crippen molar-refractivity contribution in [2.45, 2.75) is 6.61 Å². The van der Waals surface area contributed by atoms with E-state index in [4.69, 9.17) is 21.5 Å². The molecule has 0 aliphatic heterocycles. The van der Waals surface area contributed by atoms with E-state index in [-0.39, 0.29) is 23.3 Å². The van der Waals surface area contributed by atoms with Crippen LogP contribution < -0.4 is 11.5 Å². The Labute approximate surface area is 120 Å². The second kappa shape index (κ2) is 5.92. The van der Waals surface area contributed by atoms with Crippen LogP contribution >= 0.6 is 0 Å². The minimum Gasteiger partial charge on any atom is -0.457 e. The highest BCUT2D eigenvalue weighted by molar-refractivity contribution is 5.91. The molecule has 2 rings (SSSR count). The third kappa shape index (κ3) is 3.48. The van der Waals surface area contributed by atoms with Crippen molar-refractivity contribution in [2.75, 3.05) is 11.5 Å². The first-order valence-corrected chi connectivity index (χ1v) is 6.01. The summed E-state index contributed by atoms with van der Waals surface area (Å²) in [5, 5.41) is 8.76. The second-order valence-corrected chi connectivity index (χ2v) is 4.38. The Morgan fingerprint density at radius 1 is 1.19 bits per heavy atom. The van der Waals surface area contributed by atoms with Gasteiger partial charge in [-0.1, -0.05) is 0 Å². The van der Waals surface area contributed by atoms with Gasteiger partial charge < -0.3 is 16.2 Å². The molecule has 2 aromatic carbocycles. The zero-order valence-corrected chi connectivity index (χ0v) is 11.0. The van der Waals surface area contributed by atoms with Crippen molar-refractivity contribution in [1.29, 1.82) is 5.26 Å². The summed E-state index contributed by atoms with van der Waals surface area (Å²) in [6.45, 7) is -0.283. The van der Waals surface area contributed by atoms with Crippen LogP contribution in [0.2, 0.25) is 0 Å². The summed E-state index contributed by atoms with van der Waals surface area (Å²) < 4.78 is 18.6. The Hall–Kier alpha value is -3.07. The number of nitrogens with zero attached hydrogens (tertiary/aromatic N) is 1. The molecule has 106 valence electrons. The highest BCUT2D eigenvalue weighted by Crippen LogP contribution is 2.16. The van der Waals surface area contributed by atoms with Crippen LogP contribution in [0.3, 0.4) is 0 Å². The van der Waals surface area contributed by atoms with Crippen molar-refractivity contribution < 1.29 is 13.9 Å². The van der Waals surface area contributed by atoms with E-state index in [1.54, 1.807) is 0 Å². The Morgan fingerprint density at radius 3 is 2.48 bits per heavy atom. The molecule has 0 bridgehead atoms. The number of nitrogen functional groups attached to an aromatic ring is 2. The van der Waals surface area contributed by atoms with Crippen LogP contribution in [0.5, 0.6) is 0 Å². The Bertz CT molecular complexity index is 718. The fraction of sp³-hybridized carbons (Fsp3) is 0.0667. The predicted octanol–water partition coefficient (Wildman–Crippen LogP) is 2.22. The van der Waals surface area contributed by atoms with Crippen molar-refractivity contribution in [2.24, 2.45) is 0 Å². The summed E-state index contributed by atoms with van der Waals surface area (Å²) >= 11 is 0. The maximum absolute atomic E-state index is 13.5. The third-order valence-electron chi connectivity index (χ3n) is 2.75. The van der Waals surface area contributed by atoms with E-state index in [9.17, 15) is 9.18 Å². The smallest absolute Gasteiger partial charge is 0.338 e. The highest BCUT2D eigenvalue weighted by atomic mass is 19.1. The number of ether oxygens (including phenoxy) is 1. The maximum Gasteiger partial charge on any atom is 0.338 e. The van der Waals surface area contributed by atoms with Crippen LogP contribution in [-0.2, 0) is 11.3 Å². The molecule has 2 aromatic rings. The molecule has 6 heteroatoms. The van der Waals surface area contributed by atoms with Gasteiger partial charge in [-0.3, -0.25) is 0 Å². The second-order valence-electron chi connectivity index (χ2n) is 4.38. The molecule has 0 atom stereocenters. The summed E-state index contributed by atoms with van der Waals surface area (Å²) in [5.74, 6) is -1.22. The first-order chi connectivity index (χ1) is 9.99. The summed E-state index contributed by atoms with van der Waals surface area (Å²) in [6.07, 6.45) is 0. The van der Waals surface area contributed by atoms with E-state index in [0.29, 0.717) is 11.4 Å². The molecular formula is C15H12FN3O2. The fourth-order valence-electron chi connectivity index (χ4n) is 1.78. The van der Waals surface area contributed by atoms with Gasteiger partial charge in [0.15, 0.2) is 0 Å². The summed E-state index contributed by atoms with van der Waals surface area (Å²) in [6, 6.07) is 10.1. The van der Waals surface area contributed by atoms with Crippen molar-refractivity contribution >= 4 is 17.3 Å². The van der Waals surface area contributed by atoms with Gasteiger partial charge in [-0.25, -0.2) is 9.18 Å². The molecule has 0 aliphatic rings. The number of benzene rings is 2. The molecule has 0 spiro atoms. The van der Waals surface area contributed by atoms with Crippen molar-refractivity contribution in [1.82, 2.24) is 0 Å². The molecule has 0 saturated carbocycles. The Balaban J connectivity index is 2.13. The molecule has 0 fully saturated rings. The van der Waals surface area contributed by atoms with E-state index >= 15 is 0 Å². The van der Waals surface area contributed by atoms with Gasteiger partial charge in [0.1, 0.15) is 12.4 Å². The molecule has 0 unspecified atom stereocenters. The number of rotatable bonds is 3. The number of hydrogen-bond donors (Lipinski definition) is 2. The fourth-order valence-corrected chi connectivity index (χ4v) is 1.78. The van der Waals surface area contributed by atoms with Gasteiger partial charge in [-0.15, -0.1) is 0 Å². The molecule has 21 heavy (non-hydrogen) atoms. The van der Waals surface area contributed by atoms with E-state index in [1.165, 1.54) is 30.3 Å². The van der Waals surface area contributed by atoms with E-state index in [2.05, 4.69) is 0 Å². The quantitative estimate of drug-likeness (QED) is 0.665. The van der Waals surface area contributed by atoms with Gasteiger partial charge >= 0.3 is 5.97 Å². The monoisotopic (exact) mass is 285 g/mol. The Kier molecular flexibility index (Phi) is 4.05. The van der Waals surface area contributed by atoms with Crippen LogP contribution in [0.4, 0.5) is 15.8 Å². The number of halogens is 1. The molecule has 4 N–H and O–H groups in total. The van der Waals surface area contributed by atoms with Crippen LogP contribution in [0.25, 0.3) is 0 Å². The summed E-state index contributed by atoms with van der Waals surface area (Å²) in [7, 11) is 0. The number of carbonyl (C=O) groups is 1. The first kappa shape index (κ1) is 14.3. The van der Waals surface area contributed by atoms with Gasteiger partial charge in [-0.2, -0.15) is 5.26 Å². The molecule has 0 radical (unpaired) electrons. The number of anilines is 2. The lowest BCUT2D eigenvalue weighted by molar-refractivity contribution is 0.0469. The minimum atomic E-state index is -0.671. The van der Waals surface area contributed by atoms with E-state index in [0.717, 1.165) is 6.07 Å². The van der Waals surface area contributed by atoms with Crippen molar-refractivity contribution in [3.8, 4) is 6.07 Å². The summed E-state index contributed by atoms with van der Waals surface area (Å²) in [5.41, 5.74) is 12.4. The lowest BCUT2D eigenvalue weighted by Gasteiger charge is -2.07. The largest absolute Gasteiger partial charge is 0.457 e. The molecule has 0 saturated heterocycles. The zero-order chi connectivity index (χ0) is 15.4. The van der Waals surface area contributed by atoms with Crippen LogP contribution in [-0.4, -0.2) is 5.97 Å². The van der Waals surface area contributed by atoms with Gasteiger partial charge in [-0.05, 0) is 36.4 Å². The summed E-state index contributed by atoms with van der Waals surface area (Å²) in [4.78, 5) is 11.9. The van der Waals surface area contributed by atoms with Crippen molar-refractivity contribution in [3.05, 3.63) is 58.9 Å².